The molecule has 0 fully saturated rings. The minimum Gasteiger partial charge on any atom is -0.506 e. The predicted molar refractivity (Wildman–Crippen MR) is 69.2 cm³/mol. The molecule has 1 heterocycles. The minimum atomic E-state index is 0.321. The maximum atomic E-state index is 9.90. The summed E-state index contributed by atoms with van der Waals surface area (Å²) in [5.41, 5.74) is 2.66. The van der Waals surface area contributed by atoms with Crippen LogP contribution in [0.25, 0.3) is 0 Å². The van der Waals surface area contributed by atoms with Gasteiger partial charge in [0.05, 0.1) is 12.3 Å². The van der Waals surface area contributed by atoms with Gasteiger partial charge in [-0.1, -0.05) is 26.7 Å². The van der Waals surface area contributed by atoms with Crippen molar-refractivity contribution < 1.29 is 9.84 Å². The summed E-state index contributed by atoms with van der Waals surface area (Å²) in [6, 6.07) is 0. The Bertz CT molecular complexity index is 350. The smallest absolute Gasteiger partial charge is 0.140 e. The van der Waals surface area contributed by atoms with Crippen molar-refractivity contribution in [2.45, 2.75) is 53.1 Å². The van der Waals surface area contributed by atoms with Crippen LogP contribution in [0.2, 0.25) is 0 Å². The van der Waals surface area contributed by atoms with E-state index < -0.39 is 0 Å². The zero-order valence-corrected chi connectivity index (χ0v) is 11.1. The molecule has 0 aliphatic rings. The highest BCUT2D eigenvalue weighted by molar-refractivity contribution is 5.40. The number of hydrogen-bond acceptors (Lipinski definition) is 3. The third-order valence-corrected chi connectivity index (χ3v) is 2.93. The number of hydrogen-bond donors (Lipinski definition) is 1. The van der Waals surface area contributed by atoms with Gasteiger partial charge in [-0.25, -0.2) is 0 Å². The van der Waals surface area contributed by atoms with Crippen molar-refractivity contribution in [3.8, 4) is 5.75 Å². The molecule has 0 aliphatic carbocycles. The molecule has 0 radical (unpaired) electrons. The number of aromatic nitrogens is 1. The van der Waals surface area contributed by atoms with Gasteiger partial charge in [-0.15, -0.1) is 0 Å². The van der Waals surface area contributed by atoms with Crippen LogP contribution in [0.5, 0.6) is 5.75 Å². The number of aromatic hydroxyl groups is 1. The average Bonchev–Trinajstić information content (AvgIpc) is 2.33. The lowest BCUT2D eigenvalue weighted by Crippen LogP contribution is -2.01. The second-order valence-corrected chi connectivity index (χ2v) is 4.31. The molecular formula is C14H23NO2. The molecule has 0 aromatic carbocycles. The molecular weight excluding hydrogens is 214 g/mol. The SMILES string of the molecule is CCCCCOCc1cnc(C)c(O)c1CC. The summed E-state index contributed by atoms with van der Waals surface area (Å²) in [5.74, 6) is 0.321. The van der Waals surface area contributed by atoms with E-state index in [1.165, 1.54) is 12.8 Å². The van der Waals surface area contributed by atoms with Crippen molar-refractivity contribution >= 4 is 0 Å². The van der Waals surface area contributed by atoms with Gasteiger partial charge >= 0.3 is 0 Å². The third kappa shape index (κ3) is 4.00. The van der Waals surface area contributed by atoms with Gasteiger partial charge in [-0.3, -0.25) is 4.98 Å². The Morgan fingerprint density at radius 1 is 1.29 bits per heavy atom. The first-order valence-corrected chi connectivity index (χ1v) is 6.44. The molecule has 1 N–H and O–H groups in total. The van der Waals surface area contributed by atoms with Crippen molar-refractivity contribution in [2.24, 2.45) is 0 Å². The van der Waals surface area contributed by atoms with Crippen molar-refractivity contribution in [2.75, 3.05) is 6.61 Å². The van der Waals surface area contributed by atoms with Gasteiger partial charge in [0.1, 0.15) is 5.75 Å². The molecule has 0 aliphatic heterocycles. The van der Waals surface area contributed by atoms with Crippen molar-refractivity contribution in [1.29, 1.82) is 0 Å². The maximum absolute atomic E-state index is 9.90. The lowest BCUT2D eigenvalue weighted by atomic mass is 10.1. The fraction of sp³-hybridized carbons (Fsp3) is 0.643. The minimum absolute atomic E-state index is 0.321. The number of pyridine rings is 1. The van der Waals surface area contributed by atoms with Gasteiger partial charge in [0.2, 0.25) is 0 Å². The van der Waals surface area contributed by atoms with E-state index in [1.807, 2.05) is 20.0 Å². The lowest BCUT2D eigenvalue weighted by Gasteiger charge is -2.11. The summed E-state index contributed by atoms with van der Waals surface area (Å²) in [4.78, 5) is 4.17. The second kappa shape index (κ2) is 7.28. The Hall–Kier alpha value is -1.09. The van der Waals surface area contributed by atoms with Crippen LogP contribution >= 0.6 is 0 Å². The molecule has 0 saturated carbocycles. The first-order valence-electron chi connectivity index (χ1n) is 6.44. The third-order valence-electron chi connectivity index (χ3n) is 2.93. The van der Waals surface area contributed by atoms with Crippen LogP contribution in [-0.4, -0.2) is 16.7 Å². The standard InChI is InChI=1S/C14H23NO2/c1-4-6-7-8-17-10-12-9-15-11(3)14(16)13(12)5-2/h9,16H,4-8,10H2,1-3H3. The first kappa shape index (κ1) is 14.0. The van der Waals surface area contributed by atoms with Gasteiger partial charge < -0.3 is 9.84 Å². The van der Waals surface area contributed by atoms with Crippen molar-refractivity contribution in [3.63, 3.8) is 0 Å². The molecule has 3 heteroatoms. The Kier molecular flexibility index (Phi) is 5.98. The van der Waals surface area contributed by atoms with Gasteiger partial charge in [0, 0.05) is 23.9 Å². The molecule has 0 saturated heterocycles. The number of nitrogens with zero attached hydrogens (tertiary/aromatic N) is 1. The number of unbranched alkanes of at least 4 members (excludes halogenated alkanes) is 2. The zero-order valence-electron chi connectivity index (χ0n) is 11.1. The summed E-state index contributed by atoms with van der Waals surface area (Å²) in [5, 5.41) is 9.90. The number of rotatable bonds is 7. The van der Waals surface area contributed by atoms with Crippen LogP contribution in [0.3, 0.4) is 0 Å². The molecule has 0 spiro atoms. The van der Waals surface area contributed by atoms with E-state index in [1.54, 1.807) is 0 Å². The molecule has 1 aromatic rings. The Balaban J connectivity index is 2.56. The van der Waals surface area contributed by atoms with E-state index in [0.717, 1.165) is 30.6 Å². The first-order chi connectivity index (χ1) is 8.20. The van der Waals surface area contributed by atoms with Crippen LogP contribution < -0.4 is 0 Å². The summed E-state index contributed by atoms with van der Waals surface area (Å²) in [6.45, 7) is 7.37. The van der Waals surface area contributed by atoms with E-state index in [2.05, 4.69) is 11.9 Å². The molecule has 1 aromatic heterocycles. The molecule has 17 heavy (non-hydrogen) atoms. The monoisotopic (exact) mass is 237 g/mol. The number of ether oxygens (including phenoxy) is 1. The van der Waals surface area contributed by atoms with Crippen LogP contribution in [0.4, 0.5) is 0 Å². The number of aryl methyl sites for hydroxylation is 1. The van der Waals surface area contributed by atoms with Gasteiger partial charge in [-0.2, -0.15) is 0 Å². The maximum Gasteiger partial charge on any atom is 0.140 e. The van der Waals surface area contributed by atoms with Crippen molar-refractivity contribution in [3.05, 3.63) is 23.0 Å². The van der Waals surface area contributed by atoms with Crippen LogP contribution in [0.15, 0.2) is 6.20 Å². The van der Waals surface area contributed by atoms with E-state index in [9.17, 15) is 5.11 Å². The van der Waals surface area contributed by atoms with E-state index in [-0.39, 0.29) is 0 Å². The molecule has 0 amide bonds. The van der Waals surface area contributed by atoms with Gasteiger partial charge in [-0.05, 0) is 19.8 Å². The van der Waals surface area contributed by atoms with Crippen molar-refractivity contribution in [1.82, 2.24) is 4.98 Å². The van der Waals surface area contributed by atoms with Crippen LogP contribution in [0.1, 0.15) is 49.9 Å². The zero-order chi connectivity index (χ0) is 12.7. The summed E-state index contributed by atoms with van der Waals surface area (Å²) in [7, 11) is 0. The molecule has 3 nitrogen and oxygen atoms in total. The highest BCUT2D eigenvalue weighted by Crippen LogP contribution is 2.24. The highest BCUT2D eigenvalue weighted by atomic mass is 16.5. The van der Waals surface area contributed by atoms with Gasteiger partial charge in [0.15, 0.2) is 0 Å². The van der Waals surface area contributed by atoms with E-state index in [0.29, 0.717) is 18.1 Å². The molecule has 0 unspecified atom stereocenters. The normalized spacial score (nSPS) is 10.8. The van der Waals surface area contributed by atoms with Crippen LogP contribution in [-0.2, 0) is 17.8 Å². The Morgan fingerprint density at radius 3 is 2.71 bits per heavy atom. The topological polar surface area (TPSA) is 42.4 Å². The predicted octanol–water partition coefficient (Wildman–Crippen LogP) is 3.36. The van der Waals surface area contributed by atoms with E-state index in [4.69, 9.17) is 4.74 Å². The molecule has 1 rings (SSSR count). The Morgan fingerprint density at radius 2 is 2.06 bits per heavy atom. The van der Waals surface area contributed by atoms with Crippen LogP contribution in [0, 0.1) is 6.92 Å². The summed E-state index contributed by atoms with van der Waals surface area (Å²) in [6.07, 6.45) is 6.13. The quantitative estimate of drug-likeness (QED) is 0.739. The summed E-state index contributed by atoms with van der Waals surface area (Å²) < 4.78 is 5.61. The second-order valence-electron chi connectivity index (χ2n) is 4.31. The van der Waals surface area contributed by atoms with E-state index >= 15 is 0 Å². The largest absolute Gasteiger partial charge is 0.506 e. The fourth-order valence-corrected chi connectivity index (χ4v) is 1.84. The molecule has 96 valence electrons. The Labute approximate surface area is 104 Å². The molecule has 0 bridgehead atoms. The average molecular weight is 237 g/mol. The van der Waals surface area contributed by atoms with Gasteiger partial charge in [0.25, 0.3) is 0 Å². The highest BCUT2D eigenvalue weighted by Gasteiger charge is 2.09. The summed E-state index contributed by atoms with van der Waals surface area (Å²) >= 11 is 0. The molecule has 0 atom stereocenters. The fourth-order valence-electron chi connectivity index (χ4n) is 1.84. The lowest BCUT2D eigenvalue weighted by molar-refractivity contribution is 0.116.